The van der Waals surface area contributed by atoms with Crippen molar-refractivity contribution in [2.45, 2.75) is 19.3 Å². The molecule has 0 radical (unpaired) electrons. The number of nitrogens with one attached hydrogen (secondary N) is 1. The van der Waals surface area contributed by atoms with Crippen LogP contribution in [0.1, 0.15) is 28.4 Å². The van der Waals surface area contributed by atoms with Crippen LogP contribution in [0.25, 0.3) is 10.9 Å². The zero-order valence-electron chi connectivity index (χ0n) is 15.6. The Labute approximate surface area is 158 Å². The summed E-state index contributed by atoms with van der Waals surface area (Å²) in [5.74, 6) is 1.34. The molecule has 0 fully saturated rings. The lowest BCUT2D eigenvalue weighted by Gasteiger charge is -2.08. The van der Waals surface area contributed by atoms with E-state index in [0.717, 1.165) is 24.0 Å². The van der Waals surface area contributed by atoms with E-state index in [1.807, 2.05) is 12.1 Å². The first kappa shape index (κ1) is 17.4. The number of hydrogen-bond donors (Lipinski definition) is 1. The Bertz CT molecular complexity index is 1020. The lowest BCUT2D eigenvalue weighted by Crippen LogP contribution is -2.14. The highest BCUT2D eigenvalue weighted by Crippen LogP contribution is 2.22. The Kier molecular flexibility index (Phi) is 4.98. The Hall–Kier alpha value is -2.99. The van der Waals surface area contributed by atoms with Gasteiger partial charge < -0.3 is 14.4 Å². The molecule has 0 spiro atoms. The van der Waals surface area contributed by atoms with E-state index in [1.165, 1.54) is 16.5 Å². The Morgan fingerprint density at radius 1 is 1.04 bits per heavy atom. The summed E-state index contributed by atoms with van der Waals surface area (Å²) in [6.07, 6.45) is 7.96. The zero-order valence-corrected chi connectivity index (χ0v) is 15.6. The normalized spacial score (nSPS) is 11.5. The quantitative estimate of drug-likeness (QED) is 0.547. The van der Waals surface area contributed by atoms with Crippen LogP contribution in [0.15, 0.2) is 53.4 Å². The van der Waals surface area contributed by atoms with Gasteiger partial charge in [0.15, 0.2) is 5.82 Å². The van der Waals surface area contributed by atoms with Gasteiger partial charge in [0.25, 0.3) is 0 Å². The van der Waals surface area contributed by atoms with Crippen molar-refractivity contribution in [2.75, 3.05) is 20.6 Å². The maximum absolute atomic E-state index is 5.45. The maximum atomic E-state index is 5.45. The molecule has 0 amide bonds. The molecule has 6 nitrogen and oxygen atoms in total. The lowest BCUT2D eigenvalue weighted by molar-refractivity contribution is 0.380. The summed E-state index contributed by atoms with van der Waals surface area (Å²) in [6, 6.07) is 10.4. The van der Waals surface area contributed by atoms with Crippen molar-refractivity contribution in [3.63, 3.8) is 0 Å². The summed E-state index contributed by atoms with van der Waals surface area (Å²) >= 11 is 0. The van der Waals surface area contributed by atoms with Gasteiger partial charge in [-0.3, -0.25) is 4.98 Å². The number of aromatic nitrogens is 4. The average molecular weight is 361 g/mol. The van der Waals surface area contributed by atoms with Gasteiger partial charge in [-0.25, -0.2) is 0 Å². The van der Waals surface area contributed by atoms with Gasteiger partial charge in [-0.2, -0.15) is 4.98 Å². The van der Waals surface area contributed by atoms with Crippen molar-refractivity contribution in [1.29, 1.82) is 0 Å². The highest BCUT2D eigenvalue weighted by Gasteiger charge is 2.10. The molecule has 0 saturated carbocycles. The fraction of sp³-hybridized carbons (Fsp3) is 0.286. The molecular weight excluding hydrogens is 338 g/mol. The molecule has 0 aliphatic heterocycles. The van der Waals surface area contributed by atoms with Gasteiger partial charge in [-0.15, -0.1) is 0 Å². The number of benzene rings is 1. The number of pyridine rings is 1. The Morgan fingerprint density at radius 2 is 1.89 bits per heavy atom. The van der Waals surface area contributed by atoms with E-state index in [1.54, 1.807) is 12.4 Å². The predicted octanol–water partition coefficient (Wildman–Crippen LogP) is 3.23. The van der Waals surface area contributed by atoms with Crippen LogP contribution < -0.4 is 0 Å². The summed E-state index contributed by atoms with van der Waals surface area (Å²) in [4.78, 5) is 14.1. The molecule has 138 valence electrons. The van der Waals surface area contributed by atoms with Crippen molar-refractivity contribution in [3.8, 4) is 0 Å². The van der Waals surface area contributed by atoms with Crippen molar-refractivity contribution in [1.82, 2.24) is 25.0 Å². The summed E-state index contributed by atoms with van der Waals surface area (Å²) in [7, 11) is 4.19. The topological polar surface area (TPSA) is 70.8 Å². The fourth-order valence-corrected chi connectivity index (χ4v) is 3.18. The van der Waals surface area contributed by atoms with Crippen molar-refractivity contribution >= 4 is 10.9 Å². The molecule has 0 aliphatic rings. The molecule has 0 unspecified atom stereocenters. The van der Waals surface area contributed by atoms with Crippen LogP contribution in [0.5, 0.6) is 0 Å². The number of aromatic amines is 1. The first-order valence-electron chi connectivity index (χ1n) is 9.11. The van der Waals surface area contributed by atoms with E-state index in [4.69, 9.17) is 4.52 Å². The number of likely N-dealkylation sites (N-methyl/N-ethyl adjacent to an activating group) is 1. The molecular formula is C21H23N5O. The van der Waals surface area contributed by atoms with E-state index in [0.29, 0.717) is 24.6 Å². The smallest absolute Gasteiger partial charge is 0.231 e. The van der Waals surface area contributed by atoms with E-state index >= 15 is 0 Å². The highest BCUT2D eigenvalue weighted by molar-refractivity contribution is 5.84. The number of fused-ring (bicyclic) bond motifs is 1. The minimum atomic E-state index is 0.636. The molecule has 0 aliphatic carbocycles. The predicted molar refractivity (Wildman–Crippen MR) is 105 cm³/mol. The SMILES string of the molecule is CN(C)CCc1c[nH]c2ccc(Cc3nc(Cc4ccncc4)no3)cc12. The van der Waals surface area contributed by atoms with Crippen molar-refractivity contribution in [2.24, 2.45) is 0 Å². The molecule has 0 bridgehead atoms. The molecule has 1 N–H and O–H groups in total. The second kappa shape index (κ2) is 7.72. The lowest BCUT2D eigenvalue weighted by atomic mass is 10.1. The molecule has 4 aromatic rings. The van der Waals surface area contributed by atoms with Crippen LogP contribution in [0.4, 0.5) is 0 Å². The van der Waals surface area contributed by atoms with Gasteiger partial charge in [0, 0.05) is 42.5 Å². The second-order valence-electron chi connectivity index (χ2n) is 7.06. The molecule has 1 aromatic carbocycles. The number of H-pyrrole nitrogens is 1. The summed E-state index contributed by atoms with van der Waals surface area (Å²) < 4.78 is 5.45. The first-order chi connectivity index (χ1) is 13.2. The number of nitrogens with zero attached hydrogens (tertiary/aromatic N) is 4. The largest absolute Gasteiger partial charge is 0.361 e. The van der Waals surface area contributed by atoms with Crippen LogP contribution in [0.2, 0.25) is 0 Å². The molecule has 27 heavy (non-hydrogen) atoms. The standard InChI is InChI=1S/C21H23N5O/c1-26(2)10-7-17-14-23-19-4-3-16(11-18(17)19)13-21-24-20(25-27-21)12-15-5-8-22-9-6-15/h3-6,8-9,11,14,23H,7,10,12-13H2,1-2H3. The minimum Gasteiger partial charge on any atom is -0.361 e. The molecule has 6 heteroatoms. The summed E-state index contributed by atoms with van der Waals surface area (Å²) in [6.45, 7) is 1.03. The van der Waals surface area contributed by atoms with Gasteiger partial charge in [-0.05, 0) is 61.5 Å². The van der Waals surface area contributed by atoms with Crippen molar-refractivity contribution in [3.05, 3.63) is 77.3 Å². The molecule has 4 rings (SSSR count). The van der Waals surface area contributed by atoms with Gasteiger partial charge >= 0.3 is 0 Å². The van der Waals surface area contributed by atoms with Gasteiger partial charge in [-0.1, -0.05) is 11.2 Å². The van der Waals surface area contributed by atoms with Crippen LogP contribution in [-0.4, -0.2) is 45.6 Å². The molecule has 0 saturated heterocycles. The van der Waals surface area contributed by atoms with E-state index in [9.17, 15) is 0 Å². The van der Waals surface area contributed by atoms with Gasteiger partial charge in [0.2, 0.25) is 5.89 Å². The third-order valence-electron chi connectivity index (χ3n) is 4.64. The zero-order chi connectivity index (χ0) is 18.6. The summed E-state index contributed by atoms with van der Waals surface area (Å²) in [5.41, 5.74) is 4.80. The van der Waals surface area contributed by atoms with Crippen LogP contribution in [0.3, 0.4) is 0 Å². The first-order valence-corrected chi connectivity index (χ1v) is 9.11. The van der Waals surface area contributed by atoms with E-state index in [2.05, 4.69) is 63.5 Å². The third-order valence-corrected chi connectivity index (χ3v) is 4.64. The minimum absolute atomic E-state index is 0.636. The highest BCUT2D eigenvalue weighted by atomic mass is 16.5. The van der Waals surface area contributed by atoms with E-state index < -0.39 is 0 Å². The maximum Gasteiger partial charge on any atom is 0.231 e. The monoisotopic (exact) mass is 361 g/mol. The number of rotatable bonds is 7. The van der Waals surface area contributed by atoms with Crippen LogP contribution >= 0.6 is 0 Å². The fourth-order valence-electron chi connectivity index (χ4n) is 3.18. The Balaban J connectivity index is 1.49. The van der Waals surface area contributed by atoms with Gasteiger partial charge in [0.1, 0.15) is 0 Å². The van der Waals surface area contributed by atoms with Gasteiger partial charge in [0.05, 0.1) is 6.42 Å². The van der Waals surface area contributed by atoms with Crippen LogP contribution in [-0.2, 0) is 19.3 Å². The van der Waals surface area contributed by atoms with Crippen LogP contribution in [0, 0.1) is 0 Å². The second-order valence-corrected chi connectivity index (χ2v) is 7.06. The molecule has 3 aromatic heterocycles. The average Bonchev–Trinajstić information content (AvgIpc) is 3.27. The molecule has 3 heterocycles. The Morgan fingerprint density at radius 3 is 2.70 bits per heavy atom. The van der Waals surface area contributed by atoms with E-state index in [-0.39, 0.29) is 0 Å². The summed E-state index contributed by atoms with van der Waals surface area (Å²) in [5, 5.41) is 5.38. The van der Waals surface area contributed by atoms with Crippen molar-refractivity contribution < 1.29 is 4.52 Å². The molecule has 0 atom stereocenters. The third kappa shape index (κ3) is 4.23. The number of hydrogen-bond acceptors (Lipinski definition) is 5.